The molecule has 0 unspecified atom stereocenters. The molecule has 0 spiro atoms. The Hall–Kier alpha value is -2.81. The number of nitrogens with one attached hydrogen (secondary N) is 2. The zero-order valence-electron chi connectivity index (χ0n) is 14.3. The third kappa shape index (κ3) is 4.05. The number of anilines is 1. The molecule has 2 amide bonds. The molecule has 1 aliphatic rings. The summed E-state index contributed by atoms with van der Waals surface area (Å²) in [5, 5.41) is 13.3. The zero-order chi connectivity index (χ0) is 18.5. The molecule has 0 bridgehead atoms. The highest BCUT2D eigenvalue weighted by molar-refractivity contribution is 5.95. The lowest BCUT2D eigenvalue weighted by atomic mass is 10.1. The summed E-state index contributed by atoms with van der Waals surface area (Å²) in [5.74, 6) is 0.0391. The van der Waals surface area contributed by atoms with E-state index in [1.807, 2.05) is 4.57 Å². The van der Waals surface area contributed by atoms with Crippen LogP contribution in [-0.2, 0) is 22.6 Å². The lowest BCUT2D eigenvalue weighted by Crippen LogP contribution is -2.36. The second kappa shape index (κ2) is 8.05. The fraction of sp³-hybridized carbons (Fsp3) is 0.412. The Labute approximate surface area is 150 Å². The maximum absolute atomic E-state index is 14.4. The second-order valence-electron chi connectivity index (χ2n) is 6.13. The standard InChI is InChI=1S/C17H21FN6O2/c18-13-6-5-11(21-16(26)10-20-15(25)9-19)8-12(13)17-23-22-14-4-2-1-3-7-24(14)17/h5-6,8H,1-4,7,9-10,19H2,(H,20,25)(H,21,26). The van der Waals surface area contributed by atoms with E-state index in [9.17, 15) is 14.0 Å². The van der Waals surface area contributed by atoms with Gasteiger partial charge in [0.1, 0.15) is 11.6 Å². The molecule has 4 N–H and O–H groups in total. The van der Waals surface area contributed by atoms with Crippen LogP contribution < -0.4 is 16.4 Å². The van der Waals surface area contributed by atoms with Gasteiger partial charge < -0.3 is 20.9 Å². The van der Waals surface area contributed by atoms with Gasteiger partial charge in [-0.05, 0) is 31.0 Å². The van der Waals surface area contributed by atoms with Gasteiger partial charge in [0.15, 0.2) is 5.82 Å². The number of halogens is 1. The van der Waals surface area contributed by atoms with Crippen LogP contribution in [0.5, 0.6) is 0 Å². The Balaban J connectivity index is 1.79. The van der Waals surface area contributed by atoms with Crippen LogP contribution in [0.15, 0.2) is 18.2 Å². The van der Waals surface area contributed by atoms with Crippen molar-refractivity contribution >= 4 is 17.5 Å². The summed E-state index contributed by atoms with van der Waals surface area (Å²) in [6.07, 6.45) is 3.98. The minimum atomic E-state index is -0.432. The monoisotopic (exact) mass is 360 g/mol. The summed E-state index contributed by atoms with van der Waals surface area (Å²) in [7, 11) is 0. The highest BCUT2D eigenvalue weighted by Crippen LogP contribution is 2.27. The molecule has 2 heterocycles. The van der Waals surface area contributed by atoms with E-state index in [1.165, 1.54) is 18.2 Å². The number of aromatic nitrogens is 3. The first-order chi connectivity index (χ1) is 12.6. The van der Waals surface area contributed by atoms with Gasteiger partial charge in [0.25, 0.3) is 0 Å². The smallest absolute Gasteiger partial charge is 0.243 e. The molecule has 0 saturated carbocycles. The number of fused-ring (bicyclic) bond motifs is 1. The lowest BCUT2D eigenvalue weighted by Gasteiger charge is -2.11. The number of aryl methyl sites for hydroxylation is 1. The van der Waals surface area contributed by atoms with E-state index in [-0.39, 0.29) is 18.7 Å². The molecule has 0 aliphatic carbocycles. The van der Waals surface area contributed by atoms with E-state index >= 15 is 0 Å². The van der Waals surface area contributed by atoms with Gasteiger partial charge in [-0.1, -0.05) is 6.42 Å². The predicted octanol–water partition coefficient (Wildman–Crippen LogP) is 0.824. The average Bonchev–Trinajstić information content (AvgIpc) is 2.89. The number of nitrogens with zero attached hydrogens (tertiary/aromatic N) is 3. The SMILES string of the molecule is NCC(=O)NCC(=O)Nc1ccc(F)c(-c2nnc3n2CCCCC3)c1. The van der Waals surface area contributed by atoms with Crippen LogP contribution in [0.25, 0.3) is 11.4 Å². The number of amides is 2. The number of carbonyl (C=O) groups excluding carboxylic acids is 2. The van der Waals surface area contributed by atoms with Crippen LogP contribution in [-0.4, -0.2) is 39.7 Å². The minimum Gasteiger partial charge on any atom is -0.346 e. The maximum atomic E-state index is 14.4. The largest absolute Gasteiger partial charge is 0.346 e. The van der Waals surface area contributed by atoms with E-state index < -0.39 is 17.6 Å². The molecule has 1 aliphatic heterocycles. The first kappa shape index (κ1) is 18.0. The van der Waals surface area contributed by atoms with E-state index in [2.05, 4.69) is 20.8 Å². The Morgan fingerprint density at radius 1 is 1.19 bits per heavy atom. The maximum Gasteiger partial charge on any atom is 0.243 e. The number of rotatable bonds is 5. The highest BCUT2D eigenvalue weighted by atomic mass is 19.1. The topological polar surface area (TPSA) is 115 Å². The van der Waals surface area contributed by atoms with Crippen LogP contribution in [0.3, 0.4) is 0 Å². The molecular formula is C17H21FN6O2. The van der Waals surface area contributed by atoms with Crippen LogP contribution in [0.2, 0.25) is 0 Å². The van der Waals surface area contributed by atoms with Crippen LogP contribution in [0.1, 0.15) is 25.1 Å². The predicted molar refractivity (Wildman–Crippen MR) is 93.7 cm³/mol. The normalized spacial score (nSPS) is 13.6. The third-order valence-corrected chi connectivity index (χ3v) is 4.23. The Morgan fingerprint density at radius 2 is 2.04 bits per heavy atom. The fourth-order valence-corrected chi connectivity index (χ4v) is 2.91. The van der Waals surface area contributed by atoms with Gasteiger partial charge in [-0.2, -0.15) is 0 Å². The summed E-state index contributed by atoms with van der Waals surface area (Å²) in [6.45, 7) is 0.355. The molecular weight excluding hydrogens is 339 g/mol. The number of benzene rings is 1. The van der Waals surface area contributed by atoms with Crippen molar-refractivity contribution in [2.75, 3.05) is 18.4 Å². The van der Waals surface area contributed by atoms with Crippen molar-refractivity contribution in [2.45, 2.75) is 32.2 Å². The third-order valence-electron chi connectivity index (χ3n) is 4.23. The average molecular weight is 360 g/mol. The summed E-state index contributed by atoms with van der Waals surface area (Å²) in [5.41, 5.74) is 5.87. The molecule has 0 fully saturated rings. The summed E-state index contributed by atoms with van der Waals surface area (Å²) < 4.78 is 16.3. The Bertz CT molecular complexity index is 820. The van der Waals surface area contributed by atoms with E-state index in [1.54, 1.807) is 0 Å². The molecule has 26 heavy (non-hydrogen) atoms. The van der Waals surface area contributed by atoms with Gasteiger partial charge in [-0.25, -0.2) is 4.39 Å². The van der Waals surface area contributed by atoms with E-state index in [0.717, 1.165) is 38.1 Å². The minimum absolute atomic E-state index is 0.189. The molecule has 1 aromatic carbocycles. The van der Waals surface area contributed by atoms with Crippen LogP contribution >= 0.6 is 0 Å². The highest BCUT2D eigenvalue weighted by Gasteiger charge is 2.19. The first-order valence-corrected chi connectivity index (χ1v) is 8.57. The fourth-order valence-electron chi connectivity index (χ4n) is 2.91. The van der Waals surface area contributed by atoms with Gasteiger partial charge in [0.2, 0.25) is 11.8 Å². The number of nitrogens with two attached hydrogens (primary N) is 1. The first-order valence-electron chi connectivity index (χ1n) is 8.57. The number of hydrogen-bond donors (Lipinski definition) is 3. The molecule has 3 rings (SSSR count). The van der Waals surface area contributed by atoms with Crippen molar-refractivity contribution in [1.82, 2.24) is 20.1 Å². The number of carbonyl (C=O) groups is 2. The van der Waals surface area contributed by atoms with Crippen LogP contribution in [0.4, 0.5) is 10.1 Å². The van der Waals surface area contributed by atoms with Gasteiger partial charge in [0, 0.05) is 18.7 Å². The van der Waals surface area contributed by atoms with Gasteiger partial charge in [-0.3, -0.25) is 9.59 Å². The van der Waals surface area contributed by atoms with Crippen molar-refractivity contribution in [3.63, 3.8) is 0 Å². The van der Waals surface area contributed by atoms with Gasteiger partial charge >= 0.3 is 0 Å². The quantitative estimate of drug-likeness (QED) is 0.730. The Morgan fingerprint density at radius 3 is 2.85 bits per heavy atom. The van der Waals surface area contributed by atoms with Crippen molar-refractivity contribution < 1.29 is 14.0 Å². The van der Waals surface area contributed by atoms with Gasteiger partial charge in [0.05, 0.1) is 18.7 Å². The van der Waals surface area contributed by atoms with E-state index in [4.69, 9.17) is 5.73 Å². The lowest BCUT2D eigenvalue weighted by molar-refractivity contribution is -0.123. The molecule has 8 nitrogen and oxygen atoms in total. The Kier molecular flexibility index (Phi) is 5.57. The molecule has 1 aromatic heterocycles. The molecule has 0 atom stereocenters. The van der Waals surface area contributed by atoms with Crippen LogP contribution in [0, 0.1) is 5.82 Å². The molecule has 0 radical (unpaired) electrons. The van der Waals surface area contributed by atoms with Crippen molar-refractivity contribution in [3.8, 4) is 11.4 Å². The summed E-state index contributed by atoms with van der Waals surface area (Å²) in [4.78, 5) is 23.0. The zero-order valence-corrected chi connectivity index (χ0v) is 14.3. The van der Waals surface area contributed by atoms with Crippen molar-refractivity contribution in [3.05, 3.63) is 29.8 Å². The van der Waals surface area contributed by atoms with Gasteiger partial charge in [-0.15, -0.1) is 10.2 Å². The summed E-state index contributed by atoms with van der Waals surface area (Å²) >= 11 is 0. The molecule has 9 heteroatoms. The molecule has 2 aromatic rings. The summed E-state index contributed by atoms with van der Waals surface area (Å²) in [6, 6.07) is 4.27. The van der Waals surface area contributed by atoms with Crippen molar-refractivity contribution in [2.24, 2.45) is 5.73 Å². The second-order valence-corrected chi connectivity index (χ2v) is 6.13. The molecule has 0 saturated heterocycles. The number of hydrogen-bond acceptors (Lipinski definition) is 5. The molecule has 138 valence electrons. The van der Waals surface area contributed by atoms with E-state index in [0.29, 0.717) is 11.5 Å². The van der Waals surface area contributed by atoms with Crippen molar-refractivity contribution in [1.29, 1.82) is 0 Å².